The van der Waals surface area contributed by atoms with Crippen molar-refractivity contribution in [1.29, 1.82) is 0 Å². The predicted molar refractivity (Wildman–Crippen MR) is 68.9 cm³/mol. The van der Waals surface area contributed by atoms with Crippen LogP contribution in [0.5, 0.6) is 0 Å². The summed E-state index contributed by atoms with van der Waals surface area (Å²) < 4.78 is 48.7. The van der Waals surface area contributed by atoms with Gasteiger partial charge in [0, 0.05) is 13.1 Å². The van der Waals surface area contributed by atoms with Gasteiger partial charge in [-0.25, -0.2) is 26.3 Å². The van der Waals surface area contributed by atoms with Gasteiger partial charge in [-0.2, -0.15) is 0 Å². The molecule has 1 saturated heterocycles. The fourth-order valence-corrected chi connectivity index (χ4v) is 5.90. The van der Waals surface area contributed by atoms with Crippen molar-refractivity contribution < 1.29 is 16.8 Å². The third-order valence-corrected chi connectivity index (χ3v) is 7.57. The molecule has 2 fully saturated rings. The molecule has 1 heterocycles. The average Bonchev–Trinajstić information content (AvgIpc) is 2.82. The summed E-state index contributed by atoms with van der Waals surface area (Å²) in [5.74, 6) is 0. The van der Waals surface area contributed by atoms with Gasteiger partial charge in [0.05, 0.1) is 10.5 Å². The standard InChI is InChI=1S/C10H20N2O4S2/c11-17(13,14)10-6-3-7-12(8-10)18(15,16)9-4-1-2-5-9/h9-10H,1-8H2,(H2,11,13,14). The molecular formula is C10H20N2O4S2. The summed E-state index contributed by atoms with van der Waals surface area (Å²) in [5.41, 5.74) is 0. The Morgan fingerprint density at radius 3 is 2.00 bits per heavy atom. The van der Waals surface area contributed by atoms with Gasteiger partial charge in [-0.3, -0.25) is 0 Å². The van der Waals surface area contributed by atoms with Crippen LogP contribution in [0, 0.1) is 0 Å². The lowest BCUT2D eigenvalue weighted by Crippen LogP contribution is -2.49. The van der Waals surface area contributed by atoms with E-state index in [1.54, 1.807) is 0 Å². The smallest absolute Gasteiger partial charge is 0.217 e. The lowest BCUT2D eigenvalue weighted by Gasteiger charge is -2.32. The number of piperidine rings is 1. The number of rotatable bonds is 3. The van der Waals surface area contributed by atoms with Crippen LogP contribution in [-0.4, -0.2) is 44.7 Å². The minimum Gasteiger partial charge on any atom is -0.228 e. The molecule has 18 heavy (non-hydrogen) atoms. The molecule has 0 aromatic heterocycles. The second-order valence-corrected chi connectivity index (χ2v) is 9.22. The van der Waals surface area contributed by atoms with Gasteiger partial charge >= 0.3 is 0 Å². The second-order valence-electron chi connectivity index (χ2n) is 5.16. The number of nitrogens with zero attached hydrogens (tertiary/aromatic N) is 1. The maximum atomic E-state index is 12.4. The zero-order valence-electron chi connectivity index (χ0n) is 10.3. The molecule has 1 unspecified atom stereocenters. The Kier molecular flexibility index (Phi) is 4.01. The highest BCUT2D eigenvalue weighted by molar-refractivity contribution is 7.90. The van der Waals surface area contributed by atoms with E-state index in [-0.39, 0.29) is 11.8 Å². The molecule has 1 saturated carbocycles. The topological polar surface area (TPSA) is 97.5 Å². The molecule has 106 valence electrons. The summed E-state index contributed by atoms with van der Waals surface area (Å²) in [5, 5.41) is 4.05. The fraction of sp³-hybridized carbons (Fsp3) is 1.00. The number of nitrogens with two attached hydrogens (primary N) is 1. The summed E-state index contributed by atoms with van der Waals surface area (Å²) in [6, 6.07) is 0. The van der Waals surface area contributed by atoms with Crippen molar-refractivity contribution in [2.45, 2.75) is 49.0 Å². The molecule has 8 heteroatoms. The van der Waals surface area contributed by atoms with E-state index in [0.29, 0.717) is 32.2 Å². The van der Waals surface area contributed by atoms with Crippen LogP contribution in [0.2, 0.25) is 0 Å². The zero-order chi connectivity index (χ0) is 13.4. The highest BCUT2D eigenvalue weighted by Gasteiger charge is 2.38. The normalized spacial score (nSPS) is 28.6. The number of primary sulfonamides is 1. The molecule has 0 amide bonds. The van der Waals surface area contributed by atoms with Crippen LogP contribution < -0.4 is 5.14 Å². The molecule has 0 radical (unpaired) electrons. The largest absolute Gasteiger partial charge is 0.228 e. The van der Waals surface area contributed by atoms with E-state index in [4.69, 9.17) is 5.14 Å². The van der Waals surface area contributed by atoms with Crippen molar-refractivity contribution in [2.75, 3.05) is 13.1 Å². The first kappa shape index (κ1) is 14.2. The molecule has 1 aliphatic carbocycles. The molecule has 2 rings (SSSR count). The quantitative estimate of drug-likeness (QED) is 0.793. The lowest BCUT2D eigenvalue weighted by molar-refractivity contribution is 0.341. The van der Waals surface area contributed by atoms with Crippen LogP contribution >= 0.6 is 0 Å². The molecule has 0 aromatic carbocycles. The Bertz CT molecular complexity index is 494. The van der Waals surface area contributed by atoms with Gasteiger partial charge in [-0.05, 0) is 25.7 Å². The molecule has 2 aliphatic rings. The van der Waals surface area contributed by atoms with Gasteiger partial charge in [0.15, 0.2) is 0 Å². The van der Waals surface area contributed by atoms with Crippen LogP contribution in [0.25, 0.3) is 0 Å². The molecular weight excluding hydrogens is 276 g/mol. The third kappa shape index (κ3) is 2.87. The fourth-order valence-electron chi connectivity index (χ4n) is 2.80. The van der Waals surface area contributed by atoms with E-state index in [9.17, 15) is 16.8 Å². The second kappa shape index (κ2) is 5.07. The van der Waals surface area contributed by atoms with Crippen molar-refractivity contribution in [3.8, 4) is 0 Å². The molecule has 0 spiro atoms. The first-order valence-electron chi connectivity index (χ1n) is 6.32. The SMILES string of the molecule is NS(=O)(=O)C1CCCN(S(=O)(=O)C2CCCC2)C1. The van der Waals surface area contributed by atoms with Gasteiger partial charge in [0.1, 0.15) is 0 Å². The monoisotopic (exact) mass is 296 g/mol. The van der Waals surface area contributed by atoms with Gasteiger partial charge in [-0.15, -0.1) is 0 Å². The van der Waals surface area contributed by atoms with Crippen molar-refractivity contribution in [1.82, 2.24) is 4.31 Å². The van der Waals surface area contributed by atoms with E-state index in [1.165, 1.54) is 4.31 Å². The van der Waals surface area contributed by atoms with Crippen LogP contribution in [-0.2, 0) is 20.0 Å². The third-order valence-electron chi connectivity index (χ3n) is 3.89. The predicted octanol–water partition coefficient (Wildman–Crippen LogP) is 0.0117. The minimum atomic E-state index is -3.65. The van der Waals surface area contributed by atoms with Crippen LogP contribution in [0.15, 0.2) is 0 Å². The minimum absolute atomic E-state index is 0.0255. The first-order chi connectivity index (χ1) is 8.32. The van der Waals surface area contributed by atoms with E-state index >= 15 is 0 Å². The zero-order valence-corrected chi connectivity index (χ0v) is 11.9. The Balaban J connectivity index is 2.13. The first-order valence-corrected chi connectivity index (χ1v) is 9.43. The summed E-state index contributed by atoms with van der Waals surface area (Å²) in [4.78, 5) is 0. The summed E-state index contributed by atoms with van der Waals surface area (Å²) in [7, 11) is -6.99. The van der Waals surface area contributed by atoms with Crippen molar-refractivity contribution >= 4 is 20.0 Å². The van der Waals surface area contributed by atoms with Crippen molar-refractivity contribution in [2.24, 2.45) is 5.14 Å². The van der Waals surface area contributed by atoms with Crippen molar-refractivity contribution in [3.05, 3.63) is 0 Å². The lowest BCUT2D eigenvalue weighted by atomic mass is 10.2. The van der Waals surface area contributed by atoms with Gasteiger partial charge in [-0.1, -0.05) is 12.8 Å². The Labute approximate surface area is 109 Å². The van der Waals surface area contributed by atoms with Crippen LogP contribution in [0.4, 0.5) is 0 Å². The Morgan fingerprint density at radius 1 is 0.889 bits per heavy atom. The van der Waals surface area contributed by atoms with Gasteiger partial charge in [0.25, 0.3) is 0 Å². The highest BCUT2D eigenvalue weighted by atomic mass is 32.2. The average molecular weight is 296 g/mol. The maximum Gasteiger partial charge on any atom is 0.217 e. The molecule has 1 atom stereocenters. The summed E-state index contributed by atoms with van der Waals surface area (Å²) in [6.45, 7) is 0.447. The molecule has 0 bridgehead atoms. The number of hydrogen-bond donors (Lipinski definition) is 1. The van der Waals surface area contributed by atoms with E-state index in [0.717, 1.165) is 12.8 Å². The van der Waals surface area contributed by atoms with Crippen LogP contribution in [0.3, 0.4) is 0 Å². The number of hydrogen-bond acceptors (Lipinski definition) is 4. The van der Waals surface area contributed by atoms with E-state index < -0.39 is 25.3 Å². The Morgan fingerprint density at radius 2 is 1.44 bits per heavy atom. The van der Waals surface area contributed by atoms with E-state index in [1.807, 2.05) is 0 Å². The van der Waals surface area contributed by atoms with Crippen LogP contribution in [0.1, 0.15) is 38.5 Å². The van der Waals surface area contributed by atoms with Crippen molar-refractivity contribution in [3.63, 3.8) is 0 Å². The molecule has 2 N–H and O–H groups in total. The molecule has 0 aromatic rings. The number of sulfonamides is 2. The maximum absolute atomic E-state index is 12.4. The molecule has 1 aliphatic heterocycles. The summed E-state index contributed by atoms with van der Waals surface area (Å²) >= 11 is 0. The Hall–Kier alpha value is -0.180. The van der Waals surface area contributed by atoms with E-state index in [2.05, 4.69) is 0 Å². The van der Waals surface area contributed by atoms with Gasteiger partial charge < -0.3 is 0 Å². The highest BCUT2D eigenvalue weighted by Crippen LogP contribution is 2.29. The van der Waals surface area contributed by atoms with Gasteiger partial charge in [0.2, 0.25) is 20.0 Å². The molecule has 6 nitrogen and oxygen atoms in total. The summed E-state index contributed by atoms with van der Waals surface area (Å²) in [6.07, 6.45) is 4.28.